The zero-order valence-corrected chi connectivity index (χ0v) is 11.6. The highest BCUT2D eigenvalue weighted by Gasteiger charge is 2.00. The number of aliphatic hydroxyl groups excluding tert-OH is 2. The van der Waals surface area contributed by atoms with Gasteiger partial charge < -0.3 is 14.9 Å². The lowest BCUT2D eigenvalue weighted by Crippen LogP contribution is -2.05. The highest BCUT2D eigenvalue weighted by molar-refractivity contribution is 5.25. The molecule has 17 heavy (non-hydrogen) atoms. The van der Waals surface area contributed by atoms with Crippen molar-refractivity contribution in [1.82, 2.24) is 0 Å². The number of aliphatic hydroxyl groups is 2. The van der Waals surface area contributed by atoms with Crippen molar-refractivity contribution in [2.45, 2.75) is 40.2 Å². The summed E-state index contributed by atoms with van der Waals surface area (Å²) in [5.41, 5.74) is 2.50. The molecule has 0 fully saturated rings. The molecular weight excluding hydrogens is 216 g/mol. The summed E-state index contributed by atoms with van der Waals surface area (Å²) in [5.74, 6) is 0. The Kier molecular flexibility index (Phi) is 14.3. The van der Waals surface area contributed by atoms with Crippen LogP contribution in [0.25, 0.3) is 0 Å². The van der Waals surface area contributed by atoms with Gasteiger partial charge in [0.1, 0.15) is 6.79 Å². The maximum atomic E-state index is 9.13. The van der Waals surface area contributed by atoms with Crippen LogP contribution < -0.4 is 0 Å². The number of ether oxygens (including phenoxy) is 1. The van der Waals surface area contributed by atoms with Gasteiger partial charge in [0.05, 0.1) is 6.10 Å². The molecule has 1 aromatic carbocycles. The predicted molar refractivity (Wildman–Crippen MR) is 72.0 cm³/mol. The van der Waals surface area contributed by atoms with Crippen molar-refractivity contribution in [3.63, 3.8) is 0 Å². The summed E-state index contributed by atoms with van der Waals surface area (Å²) in [6.45, 7) is 7.70. The van der Waals surface area contributed by atoms with Gasteiger partial charge in [0.2, 0.25) is 0 Å². The molecule has 3 heteroatoms. The average Bonchev–Trinajstić information content (AvgIpc) is 2.34. The van der Waals surface area contributed by atoms with E-state index in [1.54, 1.807) is 0 Å². The Hall–Kier alpha value is -0.900. The second-order valence-electron chi connectivity index (χ2n) is 3.40. The van der Waals surface area contributed by atoms with E-state index in [9.17, 15) is 0 Å². The Labute approximate surface area is 105 Å². The second kappa shape index (κ2) is 13.2. The second-order valence-corrected chi connectivity index (χ2v) is 3.40. The third-order valence-corrected chi connectivity index (χ3v) is 1.91. The minimum absolute atomic E-state index is 0.181. The molecule has 0 aliphatic heterocycles. The minimum Gasteiger partial charge on any atom is -0.393 e. The Morgan fingerprint density at radius 2 is 1.71 bits per heavy atom. The zero-order valence-electron chi connectivity index (χ0n) is 11.6. The Morgan fingerprint density at radius 1 is 1.24 bits per heavy atom. The average molecular weight is 242 g/mol. The van der Waals surface area contributed by atoms with Crippen LogP contribution >= 0.6 is 0 Å². The molecule has 0 radical (unpaired) electrons. The first-order valence-electron chi connectivity index (χ1n) is 5.94. The Bertz CT molecular complexity index is 257. The van der Waals surface area contributed by atoms with Crippen LogP contribution in [0.2, 0.25) is 0 Å². The number of hydrogen-bond acceptors (Lipinski definition) is 3. The van der Waals surface area contributed by atoms with E-state index < -0.39 is 0 Å². The van der Waals surface area contributed by atoms with Gasteiger partial charge in [0.15, 0.2) is 0 Å². The Balaban J connectivity index is 0. The number of benzene rings is 1. The van der Waals surface area contributed by atoms with E-state index in [1.807, 2.05) is 32.9 Å². The van der Waals surface area contributed by atoms with Gasteiger partial charge in [-0.1, -0.05) is 38.1 Å². The minimum atomic E-state index is -0.240. The summed E-state index contributed by atoms with van der Waals surface area (Å²) in [6, 6.07) is 8.14. The molecule has 1 rings (SSSR count). The highest BCUT2D eigenvalue weighted by Crippen LogP contribution is 2.08. The van der Waals surface area contributed by atoms with Crippen LogP contribution in [0, 0.1) is 6.92 Å². The van der Waals surface area contributed by atoms with E-state index in [-0.39, 0.29) is 12.9 Å². The maximum Gasteiger partial charge on any atom is 0.143 e. The molecule has 0 unspecified atom stereocenters. The van der Waals surface area contributed by atoms with Crippen molar-refractivity contribution in [2.24, 2.45) is 0 Å². The SMILES string of the molecule is CC.COCO.Cc1ccccc1C[C@H](C)O. The number of aryl methyl sites for hydroxylation is 1. The van der Waals surface area contributed by atoms with Crippen LogP contribution in [0.15, 0.2) is 24.3 Å². The molecule has 0 aliphatic carbocycles. The van der Waals surface area contributed by atoms with Gasteiger partial charge in [-0.3, -0.25) is 0 Å². The molecule has 0 saturated carbocycles. The van der Waals surface area contributed by atoms with Gasteiger partial charge in [0.25, 0.3) is 0 Å². The molecule has 0 bridgehead atoms. The summed E-state index contributed by atoms with van der Waals surface area (Å²) in [4.78, 5) is 0. The molecule has 1 aromatic rings. The van der Waals surface area contributed by atoms with Crippen LogP contribution in [0.5, 0.6) is 0 Å². The molecule has 100 valence electrons. The van der Waals surface area contributed by atoms with Gasteiger partial charge in [-0.05, 0) is 31.4 Å². The fourth-order valence-corrected chi connectivity index (χ4v) is 1.16. The first-order valence-corrected chi connectivity index (χ1v) is 5.94. The highest BCUT2D eigenvalue weighted by atomic mass is 16.6. The molecule has 1 atom stereocenters. The summed E-state index contributed by atoms with van der Waals surface area (Å²) in [6.07, 6.45) is 0.517. The monoisotopic (exact) mass is 242 g/mol. The van der Waals surface area contributed by atoms with E-state index >= 15 is 0 Å². The van der Waals surface area contributed by atoms with Crippen molar-refractivity contribution in [1.29, 1.82) is 0 Å². The van der Waals surface area contributed by atoms with Crippen molar-refractivity contribution in [3.8, 4) is 0 Å². The lowest BCUT2D eigenvalue weighted by atomic mass is 10.0. The van der Waals surface area contributed by atoms with Crippen molar-refractivity contribution in [2.75, 3.05) is 13.9 Å². The van der Waals surface area contributed by atoms with E-state index in [0.29, 0.717) is 0 Å². The van der Waals surface area contributed by atoms with Gasteiger partial charge in [-0.2, -0.15) is 0 Å². The van der Waals surface area contributed by atoms with E-state index in [1.165, 1.54) is 18.2 Å². The van der Waals surface area contributed by atoms with Crippen LogP contribution in [-0.2, 0) is 11.2 Å². The van der Waals surface area contributed by atoms with Gasteiger partial charge in [-0.15, -0.1) is 0 Å². The van der Waals surface area contributed by atoms with E-state index in [2.05, 4.69) is 23.8 Å². The normalized spacial score (nSPS) is 10.5. The van der Waals surface area contributed by atoms with Crippen molar-refractivity contribution >= 4 is 0 Å². The fraction of sp³-hybridized carbons (Fsp3) is 0.571. The van der Waals surface area contributed by atoms with Gasteiger partial charge in [-0.25, -0.2) is 0 Å². The largest absolute Gasteiger partial charge is 0.393 e. The molecule has 0 aromatic heterocycles. The number of rotatable bonds is 3. The summed E-state index contributed by atoms with van der Waals surface area (Å²) in [5, 5.41) is 16.8. The van der Waals surface area contributed by atoms with Gasteiger partial charge in [0, 0.05) is 7.11 Å². The van der Waals surface area contributed by atoms with Crippen LogP contribution in [-0.4, -0.2) is 30.2 Å². The molecular formula is C14H26O3. The summed E-state index contributed by atoms with van der Waals surface area (Å²) < 4.78 is 4.10. The maximum absolute atomic E-state index is 9.13. The standard InChI is InChI=1S/C10H14O.C2H6O2.C2H6/c1-8-5-3-4-6-10(8)7-9(2)11;1-4-2-3;1-2/h3-6,9,11H,7H2,1-2H3;3H,2H2,1H3;1-2H3/t9-;;/m0../s1. The van der Waals surface area contributed by atoms with Crippen molar-refractivity contribution < 1.29 is 14.9 Å². The lowest BCUT2D eigenvalue weighted by Gasteiger charge is -2.06. The van der Waals surface area contributed by atoms with Crippen molar-refractivity contribution in [3.05, 3.63) is 35.4 Å². The first-order chi connectivity index (χ1) is 8.11. The van der Waals surface area contributed by atoms with Crippen LogP contribution in [0.1, 0.15) is 31.9 Å². The van der Waals surface area contributed by atoms with Crippen LogP contribution in [0.4, 0.5) is 0 Å². The predicted octanol–water partition coefficient (Wildman–Crippen LogP) is 2.53. The molecule has 2 N–H and O–H groups in total. The van der Waals surface area contributed by atoms with E-state index in [0.717, 1.165) is 6.42 Å². The zero-order chi connectivity index (χ0) is 13.7. The smallest absolute Gasteiger partial charge is 0.143 e. The lowest BCUT2D eigenvalue weighted by molar-refractivity contribution is 0.0325. The molecule has 0 spiro atoms. The third kappa shape index (κ3) is 11.4. The topological polar surface area (TPSA) is 49.7 Å². The fourth-order valence-electron chi connectivity index (χ4n) is 1.16. The summed E-state index contributed by atoms with van der Waals surface area (Å²) in [7, 11) is 1.43. The molecule has 3 nitrogen and oxygen atoms in total. The molecule has 0 heterocycles. The molecule has 0 amide bonds. The van der Waals surface area contributed by atoms with Crippen LogP contribution in [0.3, 0.4) is 0 Å². The first kappa shape index (κ1) is 18.5. The van der Waals surface area contributed by atoms with E-state index in [4.69, 9.17) is 10.2 Å². The van der Waals surface area contributed by atoms with Gasteiger partial charge >= 0.3 is 0 Å². The third-order valence-electron chi connectivity index (χ3n) is 1.91. The summed E-state index contributed by atoms with van der Waals surface area (Å²) >= 11 is 0. The Morgan fingerprint density at radius 3 is 2.06 bits per heavy atom. The quantitative estimate of drug-likeness (QED) is 0.801. The molecule has 0 aliphatic rings. The molecule has 0 saturated heterocycles. The number of methoxy groups -OCH3 is 1. The number of hydrogen-bond donors (Lipinski definition) is 2.